The Balaban J connectivity index is 2.29. The minimum Gasteiger partial charge on any atom is -0.372 e. The van der Waals surface area contributed by atoms with Crippen molar-refractivity contribution in [3.8, 4) is 0 Å². The largest absolute Gasteiger partial charge is 0.372 e. The van der Waals surface area contributed by atoms with Gasteiger partial charge < -0.3 is 4.74 Å². The lowest BCUT2D eigenvalue weighted by Gasteiger charge is -2.26. The maximum Gasteiger partial charge on any atom is 0.301 e. The molecular weight excluding hydrogens is 339 g/mol. The molecule has 24 heavy (non-hydrogen) atoms. The molecule has 1 heterocycles. The van der Waals surface area contributed by atoms with Crippen LogP contribution in [0.15, 0.2) is 18.2 Å². The maximum atomic E-state index is 14.7. The zero-order valence-corrected chi connectivity index (χ0v) is 15.2. The number of ether oxygens (including phenoxy) is 1. The topological polar surface area (TPSA) is 38.3 Å². The first-order chi connectivity index (χ1) is 11.0. The molecule has 1 aromatic carbocycles. The molecule has 1 aliphatic rings. The van der Waals surface area contributed by atoms with Gasteiger partial charge in [0.2, 0.25) is 0 Å². The molecule has 3 nitrogen and oxygen atoms in total. The number of hydrogen-bond acceptors (Lipinski definition) is 2. The van der Waals surface area contributed by atoms with E-state index in [4.69, 9.17) is 4.74 Å². The van der Waals surface area contributed by atoms with Crippen LogP contribution in [0.3, 0.4) is 0 Å². The Morgan fingerprint density at radius 2 is 2.00 bits per heavy atom. The third-order valence-electron chi connectivity index (χ3n) is 4.03. The summed E-state index contributed by atoms with van der Waals surface area (Å²) in [5.74, 6) is -4.36. The molecule has 2 rings (SSSR count). The van der Waals surface area contributed by atoms with E-state index in [1.165, 1.54) is 12.1 Å². The number of rotatable bonds is 5. The Kier molecular flexibility index (Phi) is 5.77. The summed E-state index contributed by atoms with van der Waals surface area (Å²) in [5.41, 5.74) is -0.593. The van der Waals surface area contributed by atoms with E-state index in [1.807, 2.05) is 0 Å². The van der Waals surface area contributed by atoms with Crippen LogP contribution in [0.1, 0.15) is 57.7 Å². The van der Waals surface area contributed by atoms with E-state index in [0.717, 1.165) is 6.07 Å². The first kappa shape index (κ1) is 19.4. The van der Waals surface area contributed by atoms with Crippen LogP contribution in [0.25, 0.3) is 0 Å². The van der Waals surface area contributed by atoms with Gasteiger partial charge in [-0.3, -0.25) is 0 Å². The number of nitrogens with one attached hydrogen (secondary N) is 1. The number of benzene rings is 1. The van der Waals surface area contributed by atoms with Crippen LogP contribution >= 0.6 is 0 Å². The normalized spacial score (nSPS) is 21.7. The first-order valence-electron chi connectivity index (χ1n) is 8.01. The van der Waals surface area contributed by atoms with Crippen LogP contribution in [-0.4, -0.2) is 21.7 Å². The fourth-order valence-corrected chi connectivity index (χ4v) is 3.38. The van der Waals surface area contributed by atoms with Crippen LogP contribution in [0.5, 0.6) is 0 Å². The minimum atomic E-state index is -3.39. The second kappa shape index (κ2) is 7.14. The number of hydrogen-bond donors (Lipinski definition) is 1. The molecule has 1 N–H and O–H groups in total. The summed E-state index contributed by atoms with van der Waals surface area (Å²) in [6.07, 6.45) is -0.544. The molecular formula is C17H24F3NO2S. The molecule has 0 bridgehead atoms. The molecule has 0 spiro atoms. The molecule has 136 valence electrons. The van der Waals surface area contributed by atoms with E-state index >= 15 is 0 Å². The summed E-state index contributed by atoms with van der Waals surface area (Å²) in [4.78, 5) is 0. The van der Waals surface area contributed by atoms with Gasteiger partial charge in [-0.05, 0) is 46.6 Å². The van der Waals surface area contributed by atoms with Crippen LogP contribution < -0.4 is 4.72 Å². The van der Waals surface area contributed by atoms with Gasteiger partial charge in [-0.15, -0.1) is 0 Å². The van der Waals surface area contributed by atoms with Crippen molar-refractivity contribution in [1.29, 1.82) is 0 Å². The lowest BCUT2D eigenvalue weighted by atomic mass is 9.96. The lowest BCUT2D eigenvalue weighted by molar-refractivity contribution is -0.124. The average molecular weight is 363 g/mol. The lowest BCUT2D eigenvalue weighted by Crippen LogP contribution is -2.36. The van der Waals surface area contributed by atoms with E-state index in [9.17, 15) is 17.4 Å². The van der Waals surface area contributed by atoms with Crippen LogP contribution in [0, 0.1) is 5.82 Å². The third kappa shape index (κ3) is 4.00. The van der Waals surface area contributed by atoms with Gasteiger partial charge in [0.25, 0.3) is 0 Å². The van der Waals surface area contributed by atoms with Gasteiger partial charge in [0.15, 0.2) is 0 Å². The fourth-order valence-electron chi connectivity index (χ4n) is 2.58. The molecule has 0 amide bonds. The minimum absolute atomic E-state index is 0.0720. The molecule has 1 saturated heterocycles. The summed E-state index contributed by atoms with van der Waals surface area (Å²) >= 11 is 0. The van der Waals surface area contributed by atoms with Gasteiger partial charge in [0, 0.05) is 18.2 Å². The van der Waals surface area contributed by atoms with Gasteiger partial charge in [-0.2, -0.15) is 8.78 Å². The highest BCUT2D eigenvalue weighted by molar-refractivity contribution is 7.84. The highest BCUT2D eigenvalue weighted by atomic mass is 32.2. The highest BCUT2D eigenvalue weighted by Crippen LogP contribution is 2.40. The van der Waals surface area contributed by atoms with Crippen molar-refractivity contribution in [2.24, 2.45) is 0 Å². The van der Waals surface area contributed by atoms with E-state index in [0.29, 0.717) is 6.42 Å². The van der Waals surface area contributed by atoms with Crippen molar-refractivity contribution in [3.63, 3.8) is 0 Å². The van der Waals surface area contributed by atoms with E-state index in [-0.39, 0.29) is 18.6 Å². The highest BCUT2D eigenvalue weighted by Gasteiger charge is 2.46. The van der Waals surface area contributed by atoms with Gasteiger partial charge in [0.05, 0.1) is 21.3 Å². The SMILES string of the molecule is C[C@@H](N[S@@](=O)C(C)(C)C)c1cccc(C(F)(F)[C@@H]2CCCO2)c1F. The zero-order valence-electron chi connectivity index (χ0n) is 14.4. The Labute approximate surface area is 143 Å². The molecule has 1 fully saturated rings. The summed E-state index contributed by atoms with van der Waals surface area (Å²) in [6.45, 7) is 7.21. The predicted molar refractivity (Wildman–Crippen MR) is 88.7 cm³/mol. The molecule has 0 unspecified atom stereocenters. The first-order valence-corrected chi connectivity index (χ1v) is 9.16. The molecule has 7 heteroatoms. The van der Waals surface area contributed by atoms with Crippen LogP contribution in [0.4, 0.5) is 13.2 Å². The van der Waals surface area contributed by atoms with E-state index in [2.05, 4.69) is 4.72 Å². The van der Waals surface area contributed by atoms with Gasteiger partial charge in [-0.25, -0.2) is 13.3 Å². The monoisotopic (exact) mass is 363 g/mol. The quantitative estimate of drug-likeness (QED) is 0.851. The second-order valence-electron chi connectivity index (χ2n) is 7.05. The van der Waals surface area contributed by atoms with E-state index in [1.54, 1.807) is 27.7 Å². The predicted octanol–water partition coefficient (Wildman–Crippen LogP) is 4.21. The molecule has 0 aromatic heterocycles. The molecule has 3 atom stereocenters. The second-order valence-corrected chi connectivity index (χ2v) is 9.05. The van der Waals surface area contributed by atoms with Gasteiger partial charge >= 0.3 is 5.92 Å². The Hall–Kier alpha value is -0.920. The third-order valence-corrected chi connectivity index (χ3v) is 5.71. The summed E-state index contributed by atoms with van der Waals surface area (Å²) < 4.78 is 63.3. The number of alkyl halides is 2. The summed E-state index contributed by atoms with van der Waals surface area (Å²) in [6, 6.07) is 3.26. The average Bonchev–Trinajstić information content (AvgIpc) is 3.01. The smallest absolute Gasteiger partial charge is 0.301 e. The van der Waals surface area contributed by atoms with Crippen molar-refractivity contribution >= 4 is 11.0 Å². The van der Waals surface area contributed by atoms with Crippen LogP contribution in [-0.2, 0) is 21.6 Å². The van der Waals surface area contributed by atoms with Crippen LogP contribution in [0.2, 0.25) is 0 Å². The Morgan fingerprint density at radius 3 is 2.54 bits per heavy atom. The molecule has 1 aliphatic heterocycles. The zero-order chi connectivity index (χ0) is 18.1. The van der Waals surface area contributed by atoms with E-state index < -0.39 is 45.2 Å². The summed E-state index contributed by atoms with van der Waals surface area (Å²) in [7, 11) is -1.43. The Morgan fingerprint density at radius 1 is 1.33 bits per heavy atom. The molecule has 0 aliphatic carbocycles. The van der Waals surface area contributed by atoms with Crippen molar-refractivity contribution in [2.75, 3.05) is 6.61 Å². The fraction of sp³-hybridized carbons (Fsp3) is 0.647. The molecule has 0 radical (unpaired) electrons. The molecule has 0 saturated carbocycles. The van der Waals surface area contributed by atoms with Gasteiger partial charge in [-0.1, -0.05) is 12.1 Å². The Bertz CT molecular complexity index is 610. The van der Waals surface area contributed by atoms with Crippen molar-refractivity contribution in [3.05, 3.63) is 35.1 Å². The number of halogens is 3. The van der Waals surface area contributed by atoms with Crippen molar-refractivity contribution < 1.29 is 22.1 Å². The maximum absolute atomic E-state index is 14.7. The summed E-state index contributed by atoms with van der Waals surface area (Å²) in [5, 5.41) is 0. The van der Waals surface area contributed by atoms with Crippen molar-refractivity contribution in [2.45, 2.75) is 63.4 Å². The van der Waals surface area contributed by atoms with Gasteiger partial charge in [0.1, 0.15) is 11.9 Å². The van der Waals surface area contributed by atoms with Crippen molar-refractivity contribution in [1.82, 2.24) is 4.72 Å². The molecule has 1 aromatic rings. The standard InChI is InChI=1S/C17H24F3NO2S/c1-11(21-24(22)16(2,3)4)12-7-5-8-13(15(12)18)17(19,20)14-9-6-10-23-14/h5,7-8,11,14,21H,6,9-10H2,1-4H3/t11-,14+,24+/m1/s1.